The molecule has 7 heteroatoms. The minimum atomic E-state index is -0.861. The molecule has 0 saturated carbocycles. The van der Waals surface area contributed by atoms with Gasteiger partial charge in [-0.25, -0.2) is 0 Å². The molecule has 0 unspecified atom stereocenters. The molecule has 0 atom stereocenters. The highest BCUT2D eigenvalue weighted by atomic mass is 35.5. The molecule has 0 bridgehead atoms. The van der Waals surface area contributed by atoms with Crippen LogP contribution in [0.3, 0.4) is 0 Å². The van der Waals surface area contributed by atoms with Crippen molar-refractivity contribution in [1.29, 1.82) is 0 Å². The van der Waals surface area contributed by atoms with Crippen LogP contribution in [0.25, 0.3) is 0 Å². The van der Waals surface area contributed by atoms with Crippen LogP contribution in [0.1, 0.15) is 10.4 Å². The van der Waals surface area contributed by atoms with E-state index in [1.165, 1.54) is 0 Å². The summed E-state index contributed by atoms with van der Waals surface area (Å²) in [5.41, 5.74) is 4.46. The zero-order valence-electron chi connectivity index (χ0n) is 6.66. The Labute approximate surface area is 88.6 Å². The van der Waals surface area contributed by atoms with Gasteiger partial charge >= 0.3 is 0 Å². The zero-order chi connectivity index (χ0) is 10.9. The van der Waals surface area contributed by atoms with E-state index in [1.54, 1.807) is 0 Å². The van der Waals surface area contributed by atoms with Gasteiger partial charge in [-0.05, 0) is 0 Å². The van der Waals surface area contributed by atoms with Crippen LogP contribution in [0.15, 0.2) is 12.1 Å². The Hall–Kier alpha value is -1.33. The Bertz CT molecular complexity index is 420. The summed E-state index contributed by atoms with van der Waals surface area (Å²) in [6.07, 6.45) is 0. The van der Waals surface area contributed by atoms with Gasteiger partial charge in [-0.3, -0.25) is 14.9 Å². The number of carbonyl (C=O) groups excluding carboxylic acids is 1. The molecule has 0 aliphatic rings. The first-order valence-corrected chi connectivity index (χ1v) is 4.12. The van der Waals surface area contributed by atoms with E-state index in [9.17, 15) is 14.9 Å². The van der Waals surface area contributed by atoms with Crippen LogP contribution in [0, 0.1) is 10.1 Å². The number of benzene rings is 1. The third-order valence-electron chi connectivity index (χ3n) is 1.49. The molecule has 1 aromatic rings. The number of non-ortho nitro benzene ring substituents is 1. The lowest BCUT2D eigenvalue weighted by atomic mass is 10.2. The van der Waals surface area contributed by atoms with Crippen molar-refractivity contribution in [2.75, 3.05) is 0 Å². The van der Waals surface area contributed by atoms with Crippen molar-refractivity contribution in [1.82, 2.24) is 0 Å². The highest BCUT2D eigenvalue weighted by Crippen LogP contribution is 2.30. The fourth-order valence-electron chi connectivity index (χ4n) is 0.859. The van der Waals surface area contributed by atoms with Crippen LogP contribution in [-0.4, -0.2) is 10.8 Å². The lowest BCUT2D eigenvalue weighted by Crippen LogP contribution is -2.12. The molecule has 0 radical (unpaired) electrons. The predicted octanol–water partition coefficient (Wildman–Crippen LogP) is 2.00. The van der Waals surface area contributed by atoms with E-state index in [0.29, 0.717) is 0 Å². The normalized spacial score (nSPS) is 9.86. The van der Waals surface area contributed by atoms with Crippen molar-refractivity contribution >= 4 is 34.8 Å². The van der Waals surface area contributed by atoms with Gasteiger partial charge in [0.25, 0.3) is 11.6 Å². The average Bonchev–Trinajstić information content (AvgIpc) is 2.08. The third-order valence-corrected chi connectivity index (χ3v) is 2.29. The van der Waals surface area contributed by atoms with Crippen LogP contribution < -0.4 is 5.73 Å². The Kier molecular flexibility index (Phi) is 2.93. The molecule has 0 aromatic heterocycles. The van der Waals surface area contributed by atoms with Gasteiger partial charge in [0.05, 0.1) is 20.5 Å². The monoisotopic (exact) mass is 234 g/mol. The maximum atomic E-state index is 10.8. The number of carbonyl (C=O) groups is 1. The molecule has 74 valence electrons. The standard InChI is InChI=1S/C7H4Cl2N2O3/c8-5-2-3(11(13)14)1-4(6(5)9)7(10)12/h1-2H,(H2,10,12). The van der Waals surface area contributed by atoms with Crippen molar-refractivity contribution < 1.29 is 9.72 Å². The second-order valence-electron chi connectivity index (χ2n) is 2.41. The number of halogens is 2. The lowest BCUT2D eigenvalue weighted by molar-refractivity contribution is -0.384. The van der Waals surface area contributed by atoms with Gasteiger partial charge in [0.15, 0.2) is 0 Å². The highest BCUT2D eigenvalue weighted by Gasteiger charge is 2.17. The van der Waals surface area contributed by atoms with Crippen LogP contribution >= 0.6 is 23.2 Å². The molecule has 2 N–H and O–H groups in total. The molecule has 0 aliphatic carbocycles. The van der Waals surface area contributed by atoms with Gasteiger partial charge in [0.1, 0.15) is 0 Å². The van der Waals surface area contributed by atoms with Gasteiger partial charge in [-0.15, -0.1) is 0 Å². The van der Waals surface area contributed by atoms with E-state index in [2.05, 4.69) is 0 Å². The number of hydrogen-bond acceptors (Lipinski definition) is 3. The Morgan fingerprint density at radius 1 is 1.43 bits per heavy atom. The minimum Gasteiger partial charge on any atom is -0.366 e. The van der Waals surface area contributed by atoms with E-state index in [0.717, 1.165) is 12.1 Å². The van der Waals surface area contributed by atoms with Crippen molar-refractivity contribution in [3.8, 4) is 0 Å². The number of nitro groups is 1. The largest absolute Gasteiger partial charge is 0.366 e. The van der Waals surface area contributed by atoms with Gasteiger partial charge < -0.3 is 5.73 Å². The van der Waals surface area contributed by atoms with Crippen molar-refractivity contribution in [2.45, 2.75) is 0 Å². The molecule has 1 rings (SSSR count). The summed E-state index contributed by atoms with van der Waals surface area (Å²) >= 11 is 11.2. The summed E-state index contributed by atoms with van der Waals surface area (Å²) in [5.74, 6) is -0.861. The molecule has 0 spiro atoms. The molecule has 0 aliphatic heterocycles. The number of primary amides is 1. The quantitative estimate of drug-likeness (QED) is 0.628. The van der Waals surface area contributed by atoms with Gasteiger partial charge in [0, 0.05) is 12.1 Å². The highest BCUT2D eigenvalue weighted by molar-refractivity contribution is 6.44. The number of amides is 1. The SMILES string of the molecule is NC(=O)c1cc([N+](=O)[O-])cc(Cl)c1Cl. The third kappa shape index (κ3) is 1.94. The topological polar surface area (TPSA) is 86.2 Å². The first-order chi connectivity index (χ1) is 6.43. The van der Waals surface area contributed by atoms with E-state index in [-0.39, 0.29) is 21.3 Å². The molecule has 5 nitrogen and oxygen atoms in total. The fraction of sp³-hybridized carbons (Fsp3) is 0. The van der Waals surface area contributed by atoms with E-state index >= 15 is 0 Å². The Morgan fingerprint density at radius 3 is 2.43 bits per heavy atom. The molecule has 0 heterocycles. The molecule has 14 heavy (non-hydrogen) atoms. The maximum absolute atomic E-state index is 10.8. The summed E-state index contributed by atoms with van der Waals surface area (Å²) in [5, 5.41) is 10.2. The van der Waals surface area contributed by atoms with Gasteiger partial charge in [-0.1, -0.05) is 23.2 Å². The minimum absolute atomic E-state index is 0.0744. The van der Waals surface area contributed by atoms with Crippen molar-refractivity contribution in [2.24, 2.45) is 5.73 Å². The molecule has 1 amide bonds. The number of hydrogen-bond donors (Lipinski definition) is 1. The predicted molar refractivity (Wildman–Crippen MR) is 51.6 cm³/mol. The first-order valence-electron chi connectivity index (χ1n) is 3.36. The number of nitro benzene ring substituents is 1. The van der Waals surface area contributed by atoms with Crippen LogP contribution in [-0.2, 0) is 0 Å². The molecular weight excluding hydrogens is 231 g/mol. The first kappa shape index (κ1) is 10.7. The molecular formula is C7H4Cl2N2O3. The smallest absolute Gasteiger partial charge is 0.271 e. The molecule has 0 fully saturated rings. The molecule has 0 saturated heterocycles. The summed E-state index contributed by atoms with van der Waals surface area (Å²) in [7, 11) is 0. The second kappa shape index (κ2) is 3.81. The second-order valence-corrected chi connectivity index (χ2v) is 3.20. The summed E-state index contributed by atoms with van der Waals surface area (Å²) < 4.78 is 0. The van der Waals surface area contributed by atoms with Gasteiger partial charge in [0.2, 0.25) is 0 Å². The van der Waals surface area contributed by atoms with E-state index in [1.807, 2.05) is 0 Å². The van der Waals surface area contributed by atoms with Crippen molar-refractivity contribution in [3.63, 3.8) is 0 Å². The number of nitrogens with zero attached hydrogens (tertiary/aromatic N) is 1. The summed E-state index contributed by atoms with van der Waals surface area (Å²) in [4.78, 5) is 20.5. The number of nitrogens with two attached hydrogens (primary N) is 1. The van der Waals surface area contributed by atoms with Crippen LogP contribution in [0.4, 0.5) is 5.69 Å². The Morgan fingerprint density at radius 2 is 2.00 bits per heavy atom. The molecule has 1 aromatic carbocycles. The summed E-state index contributed by atoms with van der Waals surface area (Å²) in [6, 6.07) is 2.03. The van der Waals surface area contributed by atoms with Crippen LogP contribution in [0.2, 0.25) is 10.0 Å². The van der Waals surface area contributed by atoms with Crippen molar-refractivity contribution in [3.05, 3.63) is 37.9 Å². The fourth-order valence-corrected chi connectivity index (χ4v) is 1.28. The van der Waals surface area contributed by atoms with Gasteiger partial charge in [-0.2, -0.15) is 0 Å². The Balaban J connectivity index is 3.43. The zero-order valence-corrected chi connectivity index (χ0v) is 8.17. The van der Waals surface area contributed by atoms with Crippen LogP contribution in [0.5, 0.6) is 0 Å². The van der Waals surface area contributed by atoms with E-state index < -0.39 is 10.8 Å². The van der Waals surface area contributed by atoms with E-state index in [4.69, 9.17) is 28.9 Å². The maximum Gasteiger partial charge on any atom is 0.271 e. The average molecular weight is 235 g/mol. The lowest BCUT2D eigenvalue weighted by Gasteiger charge is -2.01. The number of rotatable bonds is 2. The summed E-state index contributed by atoms with van der Waals surface area (Å²) in [6.45, 7) is 0.